The van der Waals surface area contributed by atoms with Crippen LogP contribution >= 0.6 is 11.3 Å². The zero-order chi connectivity index (χ0) is 15.0. The maximum Gasteiger partial charge on any atom is 0.335 e. The maximum atomic E-state index is 12.1. The number of imidazole rings is 1. The van der Waals surface area contributed by atoms with Crippen molar-refractivity contribution < 1.29 is 9.90 Å². The molecule has 0 saturated carbocycles. The van der Waals surface area contributed by atoms with Gasteiger partial charge in [-0.25, -0.2) is 14.6 Å². The van der Waals surface area contributed by atoms with Crippen molar-refractivity contribution >= 4 is 28.3 Å². The summed E-state index contributed by atoms with van der Waals surface area (Å²) in [5.74, 6) is -0.900. The number of aromatic nitrogens is 3. The van der Waals surface area contributed by atoms with Crippen LogP contribution in [0.3, 0.4) is 0 Å². The van der Waals surface area contributed by atoms with E-state index in [4.69, 9.17) is 5.11 Å². The van der Waals surface area contributed by atoms with Gasteiger partial charge in [-0.05, 0) is 18.2 Å². The minimum atomic E-state index is -1.01. The van der Waals surface area contributed by atoms with E-state index in [1.54, 1.807) is 28.2 Å². The lowest BCUT2D eigenvalue weighted by Gasteiger charge is -2.09. The minimum Gasteiger partial charge on any atom is -0.478 e. The second kappa shape index (κ2) is 5.17. The molecule has 21 heavy (non-hydrogen) atoms. The van der Waals surface area contributed by atoms with E-state index in [0.29, 0.717) is 17.6 Å². The molecule has 1 atom stereocenters. The zero-order valence-corrected chi connectivity index (χ0v) is 12.1. The predicted octanol–water partition coefficient (Wildman–Crippen LogP) is 2.29. The Hall–Kier alpha value is -2.41. The van der Waals surface area contributed by atoms with Crippen LogP contribution in [0.4, 0.5) is 0 Å². The highest BCUT2D eigenvalue weighted by Gasteiger charge is 2.14. The molecule has 0 aliphatic carbocycles. The number of carbonyl (C=O) groups is 1. The number of nitrogens with zero attached hydrogens (tertiary/aromatic N) is 2. The molecule has 0 spiro atoms. The number of carboxylic acid groups (broad SMARTS) is 1. The quantitative estimate of drug-likeness (QED) is 0.774. The Bertz CT molecular complexity index is 848. The molecule has 2 aromatic heterocycles. The lowest BCUT2D eigenvalue weighted by molar-refractivity contribution is 0.0697. The predicted molar refractivity (Wildman–Crippen MR) is 80.0 cm³/mol. The number of thiazole rings is 1. The molecule has 2 heterocycles. The number of H-pyrrole nitrogens is 1. The number of hydrogen-bond acceptors (Lipinski definition) is 4. The molecule has 0 saturated heterocycles. The van der Waals surface area contributed by atoms with Crippen molar-refractivity contribution in [1.82, 2.24) is 14.5 Å². The molecule has 7 heteroatoms. The maximum absolute atomic E-state index is 12.1. The van der Waals surface area contributed by atoms with E-state index in [2.05, 4.69) is 9.97 Å². The summed E-state index contributed by atoms with van der Waals surface area (Å²) < 4.78 is 1.62. The second-order valence-corrected chi connectivity index (χ2v) is 5.78. The summed E-state index contributed by atoms with van der Waals surface area (Å²) in [6, 6.07) is 4.64. The molecule has 2 N–H and O–H groups in total. The molecule has 1 unspecified atom stereocenters. The van der Waals surface area contributed by atoms with Crippen molar-refractivity contribution in [3.63, 3.8) is 0 Å². The van der Waals surface area contributed by atoms with Crippen LogP contribution in [0.5, 0.6) is 0 Å². The van der Waals surface area contributed by atoms with E-state index >= 15 is 0 Å². The van der Waals surface area contributed by atoms with Crippen molar-refractivity contribution in [3.05, 3.63) is 50.8 Å². The Kier molecular flexibility index (Phi) is 3.34. The standard InChI is InChI=1S/C14H13N3O3S/c1-8(12-15-4-5-21-12)7-17-11-3-2-9(13(18)19)6-10(11)16-14(17)20/h2-6,8H,7H2,1H3,(H,16,20)(H,18,19). The van der Waals surface area contributed by atoms with Gasteiger partial charge in [-0.3, -0.25) is 4.57 Å². The van der Waals surface area contributed by atoms with Crippen LogP contribution in [0, 0.1) is 0 Å². The number of aromatic carboxylic acids is 1. The van der Waals surface area contributed by atoms with Gasteiger partial charge in [0, 0.05) is 24.0 Å². The lowest BCUT2D eigenvalue weighted by Crippen LogP contribution is -2.19. The Morgan fingerprint density at radius 1 is 1.52 bits per heavy atom. The van der Waals surface area contributed by atoms with Gasteiger partial charge >= 0.3 is 11.7 Å². The van der Waals surface area contributed by atoms with Crippen LogP contribution in [0.1, 0.15) is 28.2 Å². The van der Waals surface area contributed by atoms with E-state index in [-0.39, 0.29) is 17.2 Å². The smallest absolute Gasteiger partial charge is 0.335 e. The summed E-state index contributed by atoms with van der Waals surface area (Å²) in [6.07, 6.45) is 1.74. The summed E-state index contributed by atoms with van der Waals surface area (Å²) >= 11 is 1.56. The molecule has 0 aliphatic rings. The monoisotopic (exact) mass is 303 g/mol. The van der Waals surface area contributed by atoms with E-state index in [0.717, 1.165) is 5.01 Å². The van der Waals surface area contributed by atoms with E-state index in [9.17, 15) is 9.59 Å². The van der Waals surface area contributed by atoms with Gasteiger partial charge in [-0.2, -0.15) is 0 Å². The first-order chi connectivity index (χ1) is 10.1. The van der Waals surface area contributed by atoms with Gasteiger partial charge in [0.05, 0.1) is 21.6 Å². The number of hydrogen-bond donors (Lipinski definition) is 2. The van der Waals surface area contributed by atoms with Crippen LogP contribution in [0.15, 0.2) is 34.6 Å². The van der Waals surface area contributed by atoms with Crippen molar-refractivity contribution in [1.29, 1.82) is 0 Å². The highest BCUT2D eigenvalue weighted by Crippen LogP contribution is 2.21. The molecule has 0 radical (unpaired) electrons. The van der Waals surface area contributed by atoms with Crippen LogP contribution in [0.2, 0.25) is 0 Å². The molecule has 0 bridgehead atoms. The van der Waals surface area contributed by atoms with Gasteiger partial charge in [-0.1, -0.05) is 6.92 Å². The van der Waals surface area contributed by atoms with E-state index in [1.807, 2.05) is 12.3 Å². The van der Waals surface area contributed by atoms with Crippen LogP contribution < -0.4 is 5.69 Å². The molecule has 3 rings (SSSR count). The van der Waals surface area contributed by atoms with Gasteiger partial charge < -0.3 is 10.1 Å². The Morgan fingerprint density at radius 2 is 2.33 bits per heavy atom. The van der Waals surface area contributed by atoms with Crippen molar-refractivity contribution in [2.24, 2.45) is 0 Å². The largest absolute Gasteiger partial charge is 0.478 e. The number of carboxylic acids is 1. The molecule has 0 aliphatic heterocycles. The average Bonchev–Trinajstić information content (AvgIpc) is 3.07. The van der Waals surface area contributed by atoms with Gasteiger partial charge in [0.15, 0.2) is 0 Å². The van der Waals surface area contributed by atoms with Crippen molar-refractivity contribution in [2.75, 3.05) is 0 Å². The Balaban J connectivity index is 2.01. The number of fused-ring (bicyclic) bond motifs is 1. The van der Waals surface area contributed by atoms with Gasteiger partial charge in [0.2, 0.25) is 0 Å². The molecular formula is C14H13N3O3S. The third-order valence-electron chi connectivity index (χ3n) is 3.35. The molecular weight excluding hydrogens is 290 g/mol. The summed E-state index contributed by atoms with van der Waals surface area (Å²) in [5, 5.41) is 11.9. The summed E-state index contributed by atoms with van der Waals surface area (Å²) in [5.41, 5.74) is 1.15. The minimum absolute atomic E-state index is 0.112. The average molecular weight is 303 g/mol. The van der Waals surface area contributed by atoms with Gasteiger partial charge in [0.1, 0.15) is 0 Å². The fraction of sp³-hybridized carbons (Fsp3) is 0.214. The lowest BCUT2D eigenvalue weighted by atomic mass is 10.1. The Morgan fingerprint density at radius 3 is 3.00 bits per heavy atom. The third-order valence-corrected chi connectivity index (χ3v) is 4.36. The summed E-state index contributed by atoms with van der Waals surface area (Å²) in [4.78, 5) is 30.0. The van der Waals surface area contributed by atoms with E-state index < -0.39 is 5.97 Å². The first-order valence-corrected chi connectivity index (χ1v) is 7.29. The molecule has 1 aromatic carbocycles. The molecule has 0 amide bonds. The van der Waals surface area contributed by atoms with Crippen molar-refractivity contribution in [3.8, 4) is 0 Å². The van der Waals surface area contributed by atoms with Crippen LogP contribution in [-0.4, -0.2) is 25.6 Å². The number of nitrogens with one attached hydrogen (secondary N) is 1. The third kappa shape index (κ3) is 2.47. The van der Waals surface area contributed by atoms with E-state index in [1.165, 1.54) is 12.1 Å². The number of benzene rings is 1. The molecule has 6 nitrogen and oxygen atoms in total. The first-order valence-electron chi connectivity index (χ1n) is 6.41. The SMILES string of the molecule is CC(Cn1c(=O)[nH]c2cc(C(=O)O)ccc21)c1nccs1. The molecule has 3 aromatic rings. The number of rotatable bonds is 4. The molecule has 0 fully saturated rings. The molecule has 108 valence electrons. The number of aromatic amines is 1. The van der Waals surface area contributed by atoms with Crippen LogP contribution in [0.25, 0.3) is 11.0 Å². The second-order valence-electron chi connectivity index (χ2n) is 4.85. The first kappa shape index (κ1) is 13.6. The van der Waals surface area contributed by atoms with Gasteiger partial charge in [0.25, 0.3) is 0 Å². The Labute approximate surface area is 123 Å². The van der Waals surface area contributed by atoms with Crippen molar-refractivity contribution in [2.45, 2.75) is 19.4 Å². The fourth-order valence-corrected chi connectivity index (χ4v) is 3.00. The topological polar surface area (TPSA) is 88.0 Å². The zero-order valence-electron chi connectivity index (χ0n) is 11.2. The highest BCUT2D eigenvalue weighted by atomic mass is 32.1. The van der Waals surface area contributed by atoms with Crippen LogP contribution in [-0.2, 0) is 6.54 Å². The summed E-state index contributed by atoms with van der Waals surface area (Å²) in [6.45, 7) is 2.51. The highest BCUT2D eigenvalue weighted by molar-refractivity contribution is 7.09. The van der Waals surface area contributed by atoms with Gasteiger partial charge in [-0.15, -0.1) is 11.3 Å². The fourth-order valence-electron chi connectivity index (χ4n) is 2.31. The normalized spacial score (nSPS) is 12.6. The summed E-state index contributed by atoms with van der Waals surface area (Å²) in [7, 11) is 0.